The molecule has 0 saturated heterocycles. The molecule has 0 fully saturated rings. The first kappa shape index (κ1) is 19.3. The second-order valence-electron chi connectivity index (χ2n) is 6.12. The molecule has 3 rings (SSSR count). The number of rotatable bonds is 7. The zero-order chi connectivity index (χ0) is 20.3. The highest BCUT2D eigenvalue weighted by Crippen LogP contribution is 2.38. The van der Waals surface area contributed by atoms with Crippen molar-refractivity contribution in [3.05, 3.63) is 47.0 Å². The van der Waals surface area contributed by atoms with Crippen LogP contribution >= 0.6 is 0 Å². The summed E-state index contributed by atoms with van der Waals surface area (Å²) in [5, 5.41) is 12.2. The zero-order valence-electron chi connectivity index (χ0n) is 15.8. The van der Waals surface area contributed by atoms with Crippen LogP contribution in [0.25, 0.3) is 0 Å². The first-order valence-electron chi connectivity index (χ1n) is 8.57. The molecule has 0 bridgehead atoms. The fourth-order valence-corrected chi connectivity index (χ4v) is 3.10. The highest BCUT2D eigenvalue weighted by Gasteiger charge is 2.26. The van der Waals surface area contributed by atoms with Crippen LogP contribution in [0.2, 0.25) is 0 Å². The predicted octanol–water partition coefficient (Wildman–Crippen LogP) is 2.20. The largest absolute Gasteiger partial charge is 0.493 e. The number of amides is 1. The number of carboxylic acids is 1. The van der Waals surface area contributed by atoms with E-state index < -0.39 is 17.9 Å². The Labute approximate surface area is 162 Å². The van der Waals surface area contributed by atoms with E-state index >= 15 is 0 Å². The number of ether oxygens (including phenoxy) is 4. The van der Waals surface area contributed by atoms with Gasteiger partial charge in [-0.1, -0.05) is 6.07 Å². The Morgan fingerprint density at radius 3 is 2.32 bits per heavy atom. The van der Waals surface area contributed by atoms with Crippen LogP contribution in [0.4, 0.5) is 0 Å². The molecule has 0 saturated carbocycles. The second kappa shape index (κ2) is 8.08. The number of aliphatic carboxylic acids is 1. The van der Waals surface area contributed by atoms with Gasteiger partial charge in [-0.25, -0.2) is 4.79 Å². The lowest BCUT2D eigenvalue weighted by molar-refractivity contribution is -0.139. The van der Waals surface area contributed by atoms with E-state index in [4.69, 9.17) is 18.9 Å². The van der Waals surface area contributed by atoms with E-state index in [1.165, 1.54) is 33.5 Å². The summed E-state index contributed by atoms with van der Waals surface area (Å²) in [5.74, 6) is -0.0658. The molecular weight excluding hydrogens is 366 g/mol. The van der Waals surface area contributed by atoms with E-state index in [-0.39, 0.29) is 5.56 Å². The van der Waals surface area contributed by atoms with Crippen molar-refractivity contribution in [2.24, 2.45) is 0 Å². The van der Waals surface area contributed by atoms with Gasteiger partial charge in [0, 0.05) is 12.0 Å². The van der Waals surface area contributed by atoms with Crippen molar-refractivity contribution in [2.45, 2.75) is 12.5 Å². The number of carbonyl (C=O) groups excluding carboxylic acids is 1. The quantitative estimate of drug-likeness (QED) is 0.751. The number of carboxylic acid groups (broad SMARTS) is 1. The monoisotopic (exact) mass is 387 g/mol. The molecule has 8 heteroatoms. The molecule has 2 aromatic carbocycles. The fourth-order valence-electron chi connectivity index (χ4n) is 3.10. The average molecular weight is 387 g/mol. The number of hydrogen-bond donors (Lipinski definition) is 2. The number of fused-ring (bicyclic) bond motifs is 1. The van der Waals surface area contributed by atoms with Gasteiger partial charge in [0.25, 0.3) is 5.91 Å². The number of methoxy groups -OCH3 is 3. The number of nitrogens with one attached hydrogen (secondary N) is 1. The SMILES string of the molecule is COc1cc(C(=O)NC(C(=O)O)c2ccc3c(c2)CCO3)cc(OC)c1OC. The van der Waals surface area contributed by atoms with Gasteiger partial charge in [0.1, 0.15) is 5.75 Å². The van der Waals surface area contributed by atoms with Crippen LogP contribution in [0, 0.1) is 0 Å². The third-order valence-electron chi connectivity index (χ3n) is 4.50. The van der Waals surface area contributed by atoms with Gasteiger partial charge in [-0.05, 0) is 35.4 Å². The van der Waals surface area contributed by atoms with E-state index in [1.807, 2.05) is 0 Å². The van der Waals surface area contributed by atoms with E-state index in [0.29, 0.717) is 35.8 Å². The van der Waals surface area contributed by atoms with Gasteiger partial charge in [0.15, 0.2) is 17.5 Å². The molecular formula is C20H21NO7. The Kier molecular flexibility index (Phi) is 5.58. The molecule has 1 heterocycles. The lowest BCUT2D eigenvalue weighted by atomic mass is 10.0. The Hall–Kier alpha value is -3.42. The predicted molar refractivity (Wildman–Crippen MR) is 99.6 cm³/mol. The highest BCUT2D eigenvalue weighted by molar-refractivity contribution is 5.98. The molecule has 0 spiro atoms. The maximum atomic E-state index is 12.8. The van der Waals surface area contributed by atoms with E-state index in [9.17, 15) is 14.7 Å². The van der Waals surface area contributed by atoms with E-state index in [2.05, 4.69) is 5.32 Å². The molecule has 2 N–H and O–H groups in total. The maximum absolute atomic E-state index is 12.8. The zero-order valence-corrected chi connectivity index (χ0v) is 15.8. The van der Waals surface area contributed by atoms with Crippen molar-refractivity contribution in [3.8, 4) is 23.0 Å². The molecule has 28 heavy (non-hydrogen) atoms. The van der Waals surface area contributed by atoms with Crippen molar-refractivity contribution in [2.75, 3.05) is 27.9 Å². The molecule has 1 aliphatic rings. The van der Waals surface area contributed by atoms with Crippen LogP contribution < -0.4 is 24.3 Å². The smallest absolute Gasteiger partial charge is 0.330 e. The van der Waals surface area contributed by atoms with Gasteiger partial charge < -0.3 is 29.4 Å². The molecule has 0 aromatic heterocycles. The highest BCUT2D eigenvalue weighted by atomic mass is 16.5. The summed E-state index contributed by atoms with van der Waals surface area (Å²) < 4.78 is 21.2. The van der Waals surface area contributed by atoms with Crippen molar-refractivity contribution < 1.29 is 33.6 Å². The summed E-state index contributed by atoms with van der Waals surface area (Å²) in [6, 6.07) is 6.82. The average Bonchev–Trinajstić information content (AvgIpc) is 3.18. The number of hydrogen-bond acceptors (Lipinski definition) is 6. The first-order valence-corrected chi connectivity index (χ1v) is 8.57. The Balaban J connectivity index is 1.90. The maximum Gasteiger partial charge on any atom is 0.330 e. The van der Waals surface area contributed by atoms with Gasteiger partial charge >= 0.3 is 5.97 Å². The Morgan fingerprint density at radius 1 is 1.07 bits per heavy atom. The lowest BCUT2D eigenvalue weighted by Gasteiger charge is -2.17. The normalized spacial score (nSPS) is 13.1. The van der Waals surface area contributed by atoms with Crippen molar-refractivity contribution in [1.82, 2.24) is 5.32 Å². The van der Waals surface area contributed by atoms with Gasteiger partial charge in [-0.3, -0.25) is 4.79 Å². The van der Waals surface area contributed by atoms with Gasteiger partial charge in [-0.15, -0.1) is 0 Å². The van der Waals surface area contributed by atoms with Crippen LogP contribution in [-0.2, 0) is 11.2 Å². The molecule has 0 aliphatic carbocycles. The summed E-state index contributed by atoms with van der Waals surface area (Å²) in [6.07, 6.45) is 0.705. The van der Waals surface area contributed by atoms with Crippen LogP contribution in [0.1, 0.15) is 27.5 Å². The van der Waals surface area contributed by atoms with Gasteiger partial charge in [-0.2, -0.15) is 0 Å². The third kappa shape index (κ3) is 3.66. The molecule has 1 atom stereocenters. The third-order valence-corrected chi connectivity index (χ3v) is 4.50. The standard InChI is InChI=1S/C20H21NO7/c1-25-15-9-13(10-16(26-2)18(15)27-3)19(22)21-17(20(23)24)12-4-5-14-11(8-12)6-7-28-14/h4-5,8-10,17H,6-7H2,1-3H3,(H,21,22)(H,23,24). The summed E-state index contributed by atoms with van der Waals surface area (Å²) in [5.41, 5.74) is 1.58. The molecule has 1 amide bonds. The first-order chi connectivity index (χ1) is 13.5. The molecule has 8 nitrogen and oxygen atoms in total. The summed E-state index contributed by atoms with van der Waals surface area (Å²) in [6.45, 7) is 0.564. The topological polar surface area (TPSA) is 103 Å². The van der Waals surface area contributed by atoms with Crippen LogP contribution in [0.5, 0.6) is 23.0 Å². The van der Waals surface area contributed by atoms with Crippen molar-refractivity contribution >= 4 is 11.9 Å². The Morgan fingerprint density at radius 2 is 1.75 bits per heavy atom. The minimum absolute atomic E-state index is 0.185. The number of carbonyl (C=O) groups is 2. The van der Waals surface area contributed by atoms with Crippen molar-refractivity contribution in [1.29, 1.82) is 0 Å². The minimum atomic E-state index is -1.21. The van der Waals surface area contributed by atoms with Crippen molar-refractivity contribution in [3.63, 3.8) is 0 Å². The van der Waals surface area contributed by atoms with E-state index in [1.54, 1.807) is 18.2 Å². The van der Waals surface area contributed by atoms with Gasteiger partial charge in [0.2, 0.25) is 5.75 Å². The Bertz CT molecular complexity index is 884. The van der Waals surface area contributed by atoms with Crippen LogP contribution in [-0.4, -0.2) is 44.9 Å². The molecule has 1 aliphatic heterocycles. The molecule has 1 unspecified atom stereocenters. The van der Waals surface area contributed by atoms with Crippen LogP contribution in [0.3, 0.4) is 0 Å². The lowest BCUT2D eigenvalue weighted by Crippen LogP contribution is -2.33. The minimum Gasteiger partial charge on any atom is -0.493 e. The second-order valence-corrected chi connectivity index (χ2v) is 6.12. The van der Waals surface area contributed by atoms with E-state index in [0.717, 1.165) is 11.3 Å². The summed E-state index contributed by atoms with van der Waals surface area (Å²) in [7, 11) is 4.33. The molecule has 2 aromatic rings. The van der Waals surface area contributed by atoms with Gasteiger partial charge in [0.05, 0.1) is 27.9 Å². The summed E-state index contributed by atoms with van der Waals surface area (Å²) >= 11 is 0. The molecule has 0 radical (unpaired) electrons. The fraction of sp³-hybridized carbons (Fsp3) is 0.300. The van der Waals surface area contributed by atoms with Crippen LogP contribution in [0.15, 0.2) is 30.3 Å². The summed E-state index contributed by atoms with van der Waals surface area (Å²) in [4.78, 5) is 24.5. The number of benzene rings is 2. The molecule has 148 valence electrons.